The van der Waals surface area contributed by atoms with E-state index in [2.05, 4.69) is 5.32 Å². The third-order valence-electron chi connectivity index (χ3n) is 5.79. The van der Waals surface area contributed by atoms with E-state index in [0.717, 1.165) is 11.8 Å². The van der Waals surface area contributed by atoms with Crippen LogP contribution in [0.3, 0.4) is 0 Å². The fraction of sp³-hybridized carbons (Fsp3) is 0.625. The third kappa shape index (κ3) is 8.79. The Labute approximate surface area is 196 Å². The van der Waals surface area contributed by atoms with Crippen molar-refractivity contribution in [2.75, 3.05) is 25.7 Å². The van der Waals surface area contributed by atoms with Crippen LogP contribution < -0.4 is 10.1 Å². The molecule has 0 radical (unpaired) electrons. The average molecular weight is 482 g/mol. The first-order chi connectivity index (χ1) is 15.5. The Morgan fingerprint density at radius 2 is 1.82 bits per heavy atom. The highest BCUT2D eigenvalue weighted by molar-refractivity contribution is 7.90. The SMILES string of the molecule is COC(=O)[C@@H]1CCCCOc2ccc(cc2)C[C@H](CS(C)(=O)=O)C(=O)N[C@@H](C(C)C)C(=O)C1. The second-order valence-corrected chi connectivity index (χ2v) is 11.3. The van der Waals surface area contributed by atoms with Crippen LogP contribution in [-0.2, 0) is 35.4 Å². The molecule has 0 aliphatic carbocycles. The van der Waals surface area contributed by atoms with Gasteiger partial charge in [-0.1, -0.05) is 26.0 Å². The number of ketones is 1. The summed E-state index contributed by atoms with van der Waals surface area (Å²) in [5.41, 5.74) is 0.800. The molecule has 0 fully saturated rings. The molecule has 0 saturated carbocycles. The van der Waals surface area contributed by atoms with Crippen LogP contribution in [0.4, 0.5) is 0 Å². The number of hydrogen-bond acceptors (Lipinski definition) is 7. The highest BCUT2D eigenvalue weighted by Gasteiger charge is 2.32. The number of amides is 1. The summed E-state index contributed by atoms with van der Waals surface area (Å²) in [5, 5.41) is 2.77. The minimum Gasteiger partial charge on any atom is -0.494 e. The lowest BCUT2D eigenvalue weighted by atomic mass is 9.89. The summed E-state index contributed by atoms with van der Waals surface area (Å²) in [7, 11) is -2.15. The summed E-state index contributed by atoms with van der Waals surface area (Å²) < 4.78 is 34.7. The number of benzene rings is 1. The van der Waals surface area contributed by atoms with E-state index < -0.39 is 39.6 Å². The van der Waals surface area contributed by atoms with Crippen molar-refractivity contribution in [3.05, 3.63) is 29.8 Å². The molecule has 8 nitrogen and oxygen atoms in total. The Kier molecular flexibility index (Phi) is 9.88. The predicted molar refractivity (Wildman–Crippen MR) is 125 cm³/mol. The molecule has 1 N–H and O–H groups in total. The van der Waals surface area contributed by atoms with E-state index in [0.29, 0.717) is 31.6 Å². The second-order valence-electron chi connectivity index (χ2n) is 9.10. The molecule has 0 aromatic heterocycles. The van der Waals surface area contributed by atoms with Gasteiger partial charge in [-0.15, -0.1) is 0 Å². The van der Waals surface area contributed by atoms with Crippen LogP contribution >= 0.6 is 0 Å². The first-order valence-corrected chi connectivity index (χ1v) is 13.4. The van der Waals surface area contributed by atoms with Gasteiger partial charge >= 0.3 is 5.97 Å². The van der Waals surface area contributed by atoms with Gasteiger partial charge in [-0.3, -0.25) is 14.4 Å². The Balaban J connectivity index is 2.36. The number of rotatable bonds is 4. The van der Waals surface area contributed by atoms with Gasteiger partial charge in [0.2, 0.25) is 5.91 Å². The topological polar surface area (TPSA) is 116 Å². The van der Waals surface area contributed by atoms with Crippen LogP contribution in [0.2, 0.25) is 0 Å². The maximum absolute atomic E-state index is 13.1. The van der Waals surface area contributed by atoms with Crippen LogP contribution in [-0.4, -0.2) is 57.8 Å². The zero-order valence-electron chi connectivity index (χ0n) is 19.8. The van der Waals surface area contributed by atoms with Gasteiger partial charge in [-0.05, 0) is 49.3 Å². The molecule has 3 atom stereocenters. The van der Waals surface area contributed by atoms with Crippen molar-refractivity contribution in [1.82, 2.24) is 5.32 Å². The maximum Gasteiger partial charge on any atom is 0.309 e. The van der Waals surface area contributed by atoms with Gasteiger partial charge in [0.1, 0.15) is 15.6 Å². The Bertz CT molecular complexity index is 925. The molecule has 2 bridgehead atoms. The highest BCUT2D eigenvalue weighted by atomic mass is 32.2. The van der Waals surface area contributed by atoms with Gasteiger partial charge in [-0.2, -0.15) is 0 Å². The molecule has 0 saturated heterocycles. The lowest BCUT2D eigenvalue weighted by Gasteiger charge is -2.25. The maximum atomic E-state index is 13.1. The van der Waals surface area contributed by atoms with Gasteiger partial charge in [0.15, 0.2) is 5.78 Å². The quantitative estimate of drug-likeness (QED) is 0.656. The monoisotopic (exact) mass is 481 g/mol. The number of carbonyl (C=O) groups is 3. The molecule has 0 spiro atoms. The number of hydrogen-bond donors (Lipinski definition) is 1. The normalized spacial score (nSPS) is 23.5. The van der Waals surface area contributed by atoms with Gasteiger partial charge in [-0.25, -0.2) is 8.42 Å². The molecule has 1 aromatic carbocycles. The molecule has 2 aliphatic rings. The molecular weight excluding hydrogens is 446 g/mol. The van der Waals surface area contributed by atoms with Gasteiger partial charge in [0, 0.05) is 12.7 Å². The van der Waals surface area contributed by atoms with Crippen LogP contribution in [0, 0.1) is 17.8 Å². The van der Waals surface area contributed by atoms with E-state index in [-0.39, 0.29) is 30.3 Å². The number of Topliss-reactive ketones (excluding diaryl/α,β-unsaturated/α-hetero) is 1. The lowest BCUT2D eigenvalue weighted by molar-refractivity contribution is -0.147. The molecule has 9 heteroatoms. The van der Waals surface area contributed by atoms with E-state index in [4.69, 9.17) is 9.47 Å². The van der Waals surface area contributed by atoms with E-state index >= 15 is 0 Å². The zero-order valence-corrected chi connectivity index (χ0v) is 20.7. The van der Waals surface area contributed by atoms with E-state index in [1.54, 1.807) is 26.0 Å². The molecule has 1 aromatic rings. The van der Waals surface area contributed by atoms with E-state index in [1.165, 1.54) is 7.11 Å². The number of ether oxygens (including phenoxy) is 2. The largest absolute Gasteiger partial charge is 0.494 e. The Hall–Kier alpha value is -2.42. The fourth-order valence-corrected chi connectivity index (χ4v) is 5.01. The minimum absolute atomic E-state index is 0.0503. The molecule has 184 valence electrons. The molecular formula is C24H35NO7S. The number of esters is 1. The van der Waals surface area contributed by atoms with Crippen molar-refractivity contribution in [2.24, 2.45) is 17.8 Å². The third-order valence-corrected chi connectivity index (χ3v) is 6.80. The predicted octanol–water partition coefficient (Wildman–Crippen LogP) is 2.34. The van der Waals surface area contributed by atoms with Crippen LogP contribution in [0.25, 0.3) is 0 Å². The molecule has 2 heterocycles. The number of fused-ring (bicyclic) bond motifs is 14. The molecule has 3 rings (SSSR count). The second kappa shape index (κ2) is 12.2. The fourth-order valence-electron chi connectivity index (χ4n) is 4.01. The average Bonchev–Trinajstić information content (AvgIpc) is 2.74. The van der Waals surface area contributed by atoms with E-state index in [1.807, 2.05) is 12.1 Å². The number of carbonyl (C=O) groups excluding carboxylic acids is 3. The van der Waals surface area contributed by atoms with Crippen LogP contribution in [0.1, 0.15) is 45.1 Å². The Morgan fingerprint density at radius 1 is 1.15 bits per heavy atom. The van der Waals surface area contributed by atoms with Crippen LogP contribution in [0.5, 0.6) is 5.75 Å². The van der Waals surface area contributed by atoms with E-state index in [9.17, 15) is 22.8 Å². The summed E-state index contributed by atoms with van der Waals surface area (Å²) in [6.45, 7) is 4.08. The molecule has 0 unspecified atom stereocenters. The standard InChI is InChI=1S/C24H35NO7S/c1-16(2)22-21(26)14-18(24(28)31-3)7-5-6-12-32-20-10-8-17(9-11-20)13-19(23(27)25-22)15-33(4,29)30/h8-11,16,18-19,22H,5-7,12-15H2,1-4H3,(H,25,27)/t18-,19-,22+/m1/s1. The van der Waals surface area contributed by atoms with Gasteiger partial charge in [0.05, 0.1) is 37.3 Å². The van der Waals surface area contributed by atoms with Crippen LogP contribution in [0.15, 0.2) is 24.3 Å². The van der Waals surface area contributed by atoms with Crippen molar-refractivity contribution in [2.45, 2.75) is 52.0 Å². The molecule has 33 heavy (non-hydrogen) atoms. The number of methoxy groups -OCH3 is 1. The number of nitrogens with one attached hydrogen (secondary N) is 1. The highest BCUT2D eigenvalue weighted by Crippen LogP contribution is 2.21. The first-order valence-electron chi connectivity index (χ1n) is 11.3. The molecule has 2 aliphatic heterocycles. The summed E-state index contributed by atoms with van der Waals surface area (Å²) >= 11 is 0. The summed E-state index contributed by atoms with van der Waals surface area (Å²) in [6.07, 6.45) is 3.11. The summed E-state index contributed by atoms with van der Waals surface area (Å²) in [4.78, 5) is 38.5. The summed E-state index contributed by atoms with van der Waals surface area (Å²) in [6, 6.07) is 6.39. The van der Waals surface area contributed by atoms with Crippen molar-refractivity contribution < 1.29 is 32.3 Å². The summed E-state index contributed by atoms with van der Waals surface area (Å²) in [5.74, 6) is -2.57. The van der Waals surface area contributed by atoms with Crippen molar-refractivity contribution in [3.63, 3.8) is 0 Å². The molecule has 1 amide bonds. The number of sulfone groups is 1. The first kappa shape index (κ1) is 26.8. The lowest BCUT2D eigenvalue weighted by Crippen LogP contribution is -2.48. The van der Waals surface area contributed by atoms with Gasteiger partial charge < -0.3 is 14.8 Å². The van der Waals surface area contributed by atoms with Crippen molar-refractivity contribution >= 4 is 27.5 Å². The van der Waals surface area contributed by atoms with Crippen molar-refractivity contribution in [1.29, 1.82) is 0 Å². The minimum atomic E-state index is -3.44. The van der Waals surface area contributed by atoms with Crippen molar-refractivity contribution in [3.8, 4) is 5.75 Å². The zero-order chi connectivity index (χ0) is 24.6. The Morgan fingerprint density at radius 3 is 2.39 bits per heavy atom. The smallest absolute Gasteiger partial charge is 0.309 e. The van der Waals surface area contributed by atoms with Gasteiger partial charge in [0.25, 0.3) is 0 Å².